The molecule has 1 aliphatic heterocycles. The van der Waals surface area contributed by atoms with Crippen LogP contribution in [0.25, 0.3) is 0 Å². The van der Waals surface area contributed by atoms with Gasteiger partial charge in [0.1, 0.15) is 0 Å². The van der Waals surface area contributed by atoms with Crippen molar-refractivity contribution in [1.82, 2.24) is 0 Å². The first kappa shape index (κ1) is 16.0. The van der Waals surface area contributed by atoms with Crippen LogP contribution in [0.3, 0.4) is 0 Å². The molecule has 1 aliphatic rings. The normalized spacial score (nSPS) is 15.7. The second kappa shape index (κ2) is 5.35. The highest BCUT2D eigenvalue weighted by atomic mass is 79.9. The summed E-state index contributed by atoms with van der Waals surface area (Å²) in [5.41, 5.74) is 6.92. The van der Waals surface area contributed by atoms with Gasteiger partial charge in [-0.2, -0.15) is 0 Å². The molecule has 0 aliphatic carbocycles. The van der Waals surface area contributed by atoms with Crippen LogP contribution in [-0.4, -0.2) is 11.8 Å². The van der Waals surface area contributed by atoms with Gasteiger partial charge in [-0.3, -0.25) is 14.5 Å². The fourth-order valence-electron chi connectivity index (χ4n) is 2.89. The van der Waals surface area contributed by atoms with E-state index in [9.17, 15) is 9.59 Å². The molecule has 2 N–H and O–H groups in total. The van der Waals surface area contributed by atoms with Crippen LogP contribution in [0.15, 0.2) is 40.9 Å². The van der Waals surface area contributed by atoms with Gasteiger partial charge in [0.2, 0.25) is 5.91 Å². The minimum absolute atomic E-state index is 0.129. The summed E-state index contributed by atoms with van der Waals surface area (Å²) in [5.74, 6) is -0.794. The Balaban J connectivity index is 2.30. The van der Waals surface area contributed by atoms with Crippen molar-refractivity contribution in [2.75, 3.05) is 4.90 Å². The second-order valence-electron chi connectivity index (χ2n) is 5.93. The van der Waals surface area contributed by atoms with Gasteiger partial charge >= 0.3 is 0 Å². The van der Waals surface area contributed by atoms with Gasteiger partial charge in [-0.1, -0.05) is 33.6 Å². The average molecular weight is 394 g/mol. The Morgan fingerprint density at radius 3 is 2.57 bits per heavy atom. The van der Waals surface area contributed by atoms with E-state index in [2.05, 4.69) is 15.9 Å². The Morgan fingerprint density at radius 1 is 1.22 bits per heavy atom. The first-order valence-corrected chi connectivity index (χ1v) is 8.15. The average Bonchev–Trinajstić information content (AvgIpc) is 2.66. The van der Waals surface area contributed by atoms with Crippen molar-refractivity contribution in [2.24, 2.45) is 5.73 Å². The summed E-state index contributed by atoms with van der Waals surface area (Å²) in [5, 5.41) is 0.228. The van der Waals surface area contributed by atoms with E-state index in [4.69, 9.17) is 17.3 Å². The number of amides is 2. The van der Waals surface area contributed by atoms with Crippen LogP contribution in [-0.2, 0) is 10.2 Å². The highest BCUT2D eigenvalue weighted by Gasteiger charge is 2.45. The minimum atomic E-state index is -0.712. The van der Waals surface area contributed by atoms with Gasteiger partial charge in [0.25, 0.3) is 5.91 Å². The van der Waals surface area contributed by atoms with Gasteiger partial charge in [0, 0.05) is 4.47 Å². The van der Waals surface area contributed by atoms with Crippen LogP contribution < -0.4 is 10.6 Å². The number of primary amides is 1. The number of hydrogen-bond acceptors (Lipinski definition) is 2. The van der Waals surface area contributed by atoms with E-state index in [-0.39, 0.29) is 16.5 Å². The molecule has 0 saturated carbocycles. The number of halogens is 2. The summed E-state index contributed by atoms with van der Waals surface area (Å²) in [4.78, 5) is 26.3. The van der Waals surface area contributed by atoms with E-state index >= 15 is 0 Å². The topological polar surface area (TPSA) is 63.4 Å². The quantitative estimate of drug-likeness (QED) is 0.833. The Hall–Kier alpha value is -1.85. The van der Waals surface area contributed by atoms with Crippen LogP contribution in [0.5, 0.6) is 0 Å². The van der Waals surface area contributed by atoms with Crippen molar-refractivity contribution >= 4 is 50.7 Å². The van der Waals surface area contributed by atoms with Crippen molar-refractivity contribution in [3.63, 3.8) is 0 Å². The van der Waals surface area contributed by atoms with Crippen molar-refractivity contribution in [3.8, 4) is 0 Å². The van der Waals surface area contributed by atoms with Crippen LogP contribution in [0.2, 0.25) is 5.02 Å². The zero-order valence-electron chi connectivity index (χ0n) is 12.6. The second-order valence-corrected chi connectivity index (χ2v) is 7.25. The number of carbonyl (C=O) groups excluding carboxylic acids is 2. The van der Waals surface area contributed by atoms with Gasteiger partial charge in [-0.05, 0) is 49.7 Å². The Bertz CT molecular complexity index is 848. The zero-order valence-corrected chi connectivity index (χ0v) is 14.9. The molecule has 0 saturated heterocycles. The number of hydrogen-bond donors (Lipinski definition) is 1. The molecule has 118 valence electrons. The lowest BCUT2D eigenvalue weighted by molar-refractivity contribution is -0.121. The number of nitrogens with two attached hydrogens (primary N) is 1. The number of anilines is 2. The highest BCUT2D eigenvalue weighted by Crippen LogP contribution is 2.47. The monoisotopic (exact) mass is 392 g/mol. The number of nitrogens with zero attached hydrogens (tertiary/aromatic N) is 1. The molecule has 2 aromatic rings. The van der Waals surface area contributed by atoms with Crippen LogP contribution in [0.1, 0.15) is 29.8 Å². The van der Waals surface area contributed by atoms with Crippen molar-refractivity contribution in [3.05, 3.63) is 57.0 Å². The number of benzene rings is 2. The molecular formula is C17H14BrClN2O2. The SMILES string of the molecule is CC1(C)C(=O)N(c2cccc(Cl)c2C(N)=O)c2ccc(Br)cc21. The molecule has 23 heavy (non-hydrogen) atoms. The molecule has 0 atom stereocenters. The molecule has 3 rings (SSSR count). The molecule has 0 fully saturated rings. The lowest BCUT2D eigenvalue weighted by Gasteiger charge is -2.22. The standard InChI is InChI=1S/C17H14BrClN2O2/c1-17(2)10-8-9(18)6-7-12(10)21(16(17)23)13-5-3-4-11(19)14(13)15(20)22/h3-8H,1-2H3,(H2,20,22). The van der Waals surface area contributed by atoms with E-state index in [0.717, 1.165) is 15.7 Å². The van der Waals surface area contributed by atoms with Crippen molar-refractivity contribution < 1.29 is 9.59 Å². The summed E-state index contributed by atoms with van der Waals surface area (Å²) in [6.45, 7) is 3.71. The first-order valence-electron chi connectivity index (χ1n) is 6.98. The third-order valence-corrected chi connectivity index (χ3v) is 4.90. The lowest BCUT2D eigenvalue weighted by atomic mass is 9.86. The highest BCUT2D eigenvalue weighted by molar-refractivity contribution is 9.10. The van der Waals surface area contributed by atoms with E-state index < -0.39 is 11.3 Å². The summed E-state index contributed by atoms with van der Waals surface area (Å²) >= 11 is 9.56. The third kappa shape index (κ3) is 2.35. The predicted molar refractivity (Wildman–Crippen MR) is 94.3 cm³/mol. The van der Waals surface area contributed by atoms with Gasteiger partial charge in [-0.15, -0.1) is 0 Å². The smallest absolute Gasteiger partial charge is 0.252 e. The Labute approximate surface area is 147 Å². The van der Waals surface area contributed by atoms with E-state index in [1.54, 1.807) is 18.2 Å². The summed E-state index contributed by atoms with van der Waals surface area (Å²) in [6.07, 6.45) is 0. The summed E-state index contributed by atoms with van der Waals surface area (Å²) in [6, 6.07) is 10.6. The van der Waals surface area contributed by atoms with Gasteiger partial charge < -0.3 is 5.73 Å². The maximum atomic E-state index is 13.0. The molecular weight excluding hydrogens is 380 g/mol. The van der Waals surface area contributed by atoms with Gasteiger partial charge in [0.15, 0.2) is 0 Å². The van der Waals surface area contributed by atoms with E-state index in [1.807, 2.05) is 32.0 Å². The third-order valence-electron chi connectivity index (χ3n) is 4.09. The molecule has 0 bridgehead atoms. The summed E-state index contributed by atoms with van der Waals surface area (Å²) < 4.78 is 0.889. The van der Waals surface area contributed by atoms with Crippen molar-refractivity contribution in [2.45, 2.75) is 19.3 Å². The minimum Gasteiger partial charge on any atom is -0.365 e. The Kier molecular flexibility index (Phi) is 3.73. The molecule has 1 heterocycles. The maximum absolute atomic E-state index is 13.0. The van der Waals surface area contributed by atoms with E-state index in [0.29, 0.717) is 5.69 Å². The number of rotatable bonds is 2. The van der Waals surface area contributed by atoms with Gasteiger partial charge in [0.05, 0.1) is 27.4 Å². The lowest BCUT2D eigenvalue weighted by Crippen LogP contribution is -2.34. The fourth-order valence-corrected chi connectivity index (χ4v) is 3.51. The molecule has 6 heteroatoms. The molecule has 0 aromatic heterocycles. The van der Waals surface area contributed by atoms with Crippen molar-refractivity contribution in [1.29, 1.82) is 0 Å². The van der Waals surface area contributed by atoms with Crippen LogP contribution in [0, 0.1) is 0 Å². The fraction of sp³-hybridized carbons (Fsp3) is 0.176. The molecule has 2 aromatic carbocycles. The van der Waals surface area contributed by atoms with E-state index in [1.165, 1.54) is 4.90 Å². The molecule has 4 nitrogen and oxygen atoms in total. The van der Waals surface area contributed by atoms with Crippen LogP contribution >= 0.6 is 27.5 Å². The molecule has 0 spiro atoms. The molecule has 2 amide bonds. The first-order chi connectivity index (χ1) is 10.7. The summed E-state index contributed by atoms with van der Waals surface area (Å²) in [7, 11) is 0. The molecule has 0 radical (unpaired) electrons. The van der Waals surface area contributed by atoms with Crippen LogP contribution in [0.4, 0.5) is 11.4 Å². The zero-order chi connectivity index (χ0) is 16.9. The molecule has 0 unspecified atom stereocenters. The largest absolute Gasteiger partial charge is 0.365 e. The van der Waals surface area contributed by atoms with Gasteiger partial charge in [-0.25, -0.2) is 0 Å². The number of fused-ring (bicyclic) bond motifs is 1. The predicted octanol–water partition coefficient (Wildman–Crippen LogP) is 4.16. The maximum Gasteiger partial charge on any atom is 0.252 e. The number of carbonyl (C=O) groups is 2. The Morgan fingerprint density at radius 2 is 1.91 bits per heavy atom.